The summed E-state index contributed by atoms with van der Waals surface area (Å²) in [4.78, 5) is 2.30. The largest absolute Gasteiger partial charge is 0.492 e. The van der Waals surface area contributed by atoms with Gasteiger partial charge in [0.25, 0.3) is 0 Å². The summed E-state index contributed by atoms with van der Waals surface area (Å²) in [5.41, 5.74) is 0.841. The van der Waals surface area contributed by atoms with Gasteiger partial charge >= 0.3 is 0 Å². The second kappa shape index (κ2) is 8.68. The zero-order chi connectivity index (χ0) is 14.9. The molecule has 4 heteroatoms. The maximum absolute atomic E-state index is 9.12. The zero-order valence-electron chi connectivity index (χ0n) is 12.3. The molecule has 1 aromatic rings. The monoisotopic (exact) mass is 289 g/mol. The molecule has 0 spiro atoms. The number of benzene rings is 1. The minimum Gasteiger partial charge on any atom is -0.492 e. The van der Waals surface area contributed by atoms with Gasteiger partial charge < -0.3 is 14.9 Å². The van der Waals surface area contributed by atoms with E-state index in [4.69, 9.17) is 14.9 Å². The highest BCUT2D eigenvalue weighted by atomic mass is 16.5. The van der Waals surface area contributed by atoms with Crippen LogP contribution >= 0.6 is 0 Å². The van der Waals surface area contributed by atoms with Crippen LogP contribution in [-0.2, 0) is 0 Å². The predicted molar refractivity (Wildman–Crippen MR) is 82.2 cm³/mol. The van der Waals surface area contributed by atoms with Crippen molar-refractivity contribution in [3.05, 3.63) is 29.8 Å². The molecule has 0 unspecified atom stereocenters. The molecule has 0 amide bonds. The first-order valence-electron chi connectivity index (χ1n) is 7.51. The van der Waals surface area contributed by atoms with Gasteiger partial charge in [-0.3, -0.25) is 4.90 Å². The van der Waals surface area contributed by atoms with Crippen molar-refractivity contribution in [2.45, 2.75) is 25.3 Å². The summed E-state index contributed by atoms with van der Waals surface area (Å²) in [6.45, 7) is 2.21. The lowest BCUT2D eigenvalue weighted by atomic mass is 9.91. The number of ether oxygens (including phenoxy) is 1. The van der Waals surface area contributed by atoms with Crippen molar-refractivity contribution in [3.63, 3.8) is 0 Å². The predicted octanol–water partition coefficient (Wildman–Crippen LogP) is 1.26. The van der Waals surface area contributed by atoms with E-state index in [1.54, 1.807) is 0 Å². The Hall–Kier alpha value is -1.54. The van der Waals surface area contributed by atoms with Gasteiger partial charge in [0.05, 0.1) is 6.61 Å². The summed E-state index contributed by atoms with van der Waals surface area (Å²) in [5, 5.41) is 17.8. The number of aliphatic hydroxyl groups is 2. The van der Waals surface area contributed by atoms with E-state index in [-0.39, 0.29) is 13.2 Å². The van der Waals surface area contributed by atoms with E-state index >= 15 is 0 Å². The molecule has 114 valence electrons. The fourth-order valence-corrected chi connectivity index (χ4v) is 2.44. The van der Waals surface area contributed by atoms with Crippen LogP contribution in [0.25, 0.3) is 0 Å². The van der Waals surface area contributed by atoms with Crippen molar-refractivity contribution in [3.8, 4) is 17.6 Å². The van der Waals surface area contributed by atoms with Gasteiger partial charge in [-0.25, -0.2) is 0 Å². The smallest absolute Gasteiger partial charge is 0.120 e. The fourth-order valence-electron chi connectivity index (χ4n) is 2.44. The van der Waals surface area contributed by atoms with Crippen LogP contribution in [0.3, 0.4) is 0 Å². The van der Waals surface area contributed by atoms with Crippen LogP contribution in [0.2, 0.25) is 0 Å². The van der Waals surface area contributed by atoms with Crippen LogP contribution in [0.1, 0.15) is 24.8 Å². The summed E-state index contributed by atoms with van der Waals surface area (Å²) >= 11 is 0. The molecule has 0 bridgehead atoms. The Balaban J connectivity index is 1.81. The molecule has 0 atom stereocenters. The first-order chi connectivity index (χ1) is 10.3. The van der Waals surface area contributed by atoms with E-state index in [0.717, 1.165) is 24.4 Å². The SMILES string of the molecule is OCC#Cc1cccc(OCCN(CCO)C2CCC2)c1. The van der Waals surface area contributed by atoms with Crippen LogP contribution in [0, 0.1) is 11.8 Å². The van der Waals surface area contributed by atoms with Gasteiger partial charge in [-0.05, 0) is 31.0 Å². The standard InChI is InChI=1S/C17H23NO3/c19-11-3-5-15-4-1-8-17(14-15)21-13-10-18(9-12-20)16-6-2-7-16/h1,4,8,14,16,19-20H,2,6-7,9-13H2. The number of hydrogen-bond acceptors (Lipinski definition) is 4. The van der Waals surface area contributed by atoms with E-state index in [1.807, 2.05) is 24.3 Å². The highest BCUT2D eigenvalue weighted by molar-refractivity contribution is 5.39. The van der Waals surface area contributed by atoms with E-state index in [0.29, 0.717) is 12.6 Å². The number of rotatable bonds is 7. The van der Waals surface area contributed by atoms with E-state index < -0.39 is 0 Å². The van der Waals surface area contributed by atoms with E-state index in [1.165, 1.54) is 19.3 Å². The lowest BCUT2D eigenvalue weighted by Crippen LogP contribution is -2.43. The molecule has 0 saturated heterocycles. The van der Waals surface area contributed by atoms with Gasteiger partial charge in [0.2, 0.25) is 0 Å². The van der Waals surface area contributed by atoms with Crippen molar-refractivity contribution in [1.82, 2.24) is 4.90 Å². The Morgan fingerprint density at radius 1 is 1.24 bits per heavy atom. The van der Waals surface area contributed by atoms with Crippen LogP contribution in [-0.4, -0.2) is 54.1 Å². The lowest BCUT2D eigenvalue weighted by molar-refractivity contribution is 0.0860. The molecule has 1 aliphatic carbocycles. The van der Waals surface area contributed by atoms with Crippen molar-refractivity contribution < 1.29 is 14.9 Å². The Kier molecular flexibility index (Phi) is 6.55. The molecule has 1 fully saturated rings. The van der Waals surface area contributed by atoms with Crippen molar-refractivity contribution in [2.24, 2.45) is 0 Å². The minimum atomic E-state index is -0.136. The molecule has 1 aliphatic rings. The minimum absolute atomic E-state index is 0.136. The van der Waals surface area contributed by atoms with Gasteiger partial charge in [-0.15, -0.1) is 0 Å². The average Bonchev–Trinajstić information content (AvgIpc) is 2.44. The van der Waals surface area contributed by atoms with Crippen LogP contribution in [0.5, 0.6) is 5.75 Å². The highest BCUT2D eigenvalue weighted by Crippen LogP contribution is 2.24. The average molecular weight is 289 g/mol. The zero-order valence-corrected chi connectivity index (χ0v) is 12.3. The Bertz CT molecular complexity index is 488. The Labute approximate surface area is 126 Å². The van der Waals surface area contributed by atoms with Gasteiger partial charge in [0.15, 0.2) is 0 Å². The summed E-state index contributed by atoms with van der Waals surface area (Å²) in [6, 6.07) is 8.19. The van der Waals surface area contributed by atoms with E-state index in [2.05, 4.69) is 16.7 Å². The van der Waals surface area contributed by atoms with E-state index in [9.17, 15) is 0 Å². The van der Waals surface area contributed by atoms with Gasteiger partial charge in [0, 0.05) is 24.7 Å². The quantitative estimate of drug-likeness (QED) is 0.742. The summed E-state index contributed by atoms with van der Waals surface area (Å²) < 4.78 is 5.77. The van der Waals surface area contributed by atoms with Crippen molar-refractivity contribution in [1.29, 1.82) is 0 Å². The summed E-state index contributed by atoms with van der Waals surface area (Å²) in [7, 11) is 0. The normalized spacial score (nSPS) is 14.4. The molecule has 0 radical (unpaired) electrons. The molecule has 1 aromatic carbocycles. The first-order valence-corrected chi connectivity index (χ1v) is 7.51. The summed E-state index contributed by atoms with van der Waals surface area (Å²) in [6.07, 6.45) is 3.75. The molecule has 0 aliphatic heterocycles. The molecule has 0 heterocycles. The Morgan fingerprint density at radius 2 is 2.10 bits per heavy atom. The first kappa shape index (κ1) is 15.8. The van der Waals surface area contributed by atoms with Crippen LogP contribution < -0.4 is 4.74 Å². The van der Waals surface area contributed by atoms with Crippen LogP contribution in [0.15, 0.2) is 24.3 Å². The molecule has 1 saturated carbocycles. The molecule has 2 N–H and O–H groups in total. The topological polar surface area (TPSA) is 52.9 Å². The lowest BCUT2D eigenvalue weighted by Gasteiger charge is -2.37. The third kappa shape index (κ3) is 5.05. The molecular formula is C17H23NO3. The van der Waals surface area contributed by atoms with Gasteiger partial charge in [0.1, 0.15) is 19.0 Å². The van der Waals surface area contributed by atoms with Crippen LogP contribution in [0.4, 0.5) is 0 Å². The third-order valence-corrected chi connectivity index (χ3v) is 3.77. The molecule has 21 heavy (non-hydrogen) atoms. The fraction of sp³-hybridized carbons (Fsp3) is 0.529. The number of aliphatic hydroxyl groups excluding tert-OH is 2. The second-order valence-electron chi connectivity index (χ2n) is 5.18. The molecule has 4 nitrogen and oxygen atoms in total. The van der Waals surface area contributed by atoms with Gasteiger partial charge in [-0.2, -0.15) is 0 Å². The highest BCUT2D eigenvalue weighted by Gasteiger charge is 2.24. The molecule has 0 aromatic heterocycles. The molecule has 2 rings (SSSR count). The van der Waals surface area contributed by atoms with Crippen molar-refractivity contribution in [2.75, 3.05) is 32.9 Å². The maximum atomic E-state index is 9.12. The number of hydrogen-bond donors (Lipinski definition) is 2. The second-order valence-corrected chi connectivity index (χ2v) is 5.18. The summed E-state index contributed by atoms with van der Waals surface area (Å²) in [5.74, 6) is 6.28. The third-order valence-electron chi connectivity index (χ3n) is 3.77. The van der Waals surface area contributed by atoms with Gasteiger partial charge in [-0.1, -0.05) is 24.3 Å². The Morgan fingerprint density at radius 3 is 2.76 bits per heavy atom. The van der Waals surface area contributed by atoms with Crippen molar-refractivity contribution >= 4 is 0 Å². The number of nitrogens with zero attached hydrogens (tertiary/aromatic N) is 1. The molecular weight excluding hydrogens is 266 g/mol. The maximum Gasteiger partial charge on any atom is 0.120 e.